The molecule has 1 unspecified atom stereocenters. The molecule has 1 atom stereocenters. The van der Waals surface area contributed by atoms with Gasteiger partial charge in [-0.1, -0.05) is 23.7 Å². The van der Waals surface area contributed by atoms with Gasteiger partial charge >= 0.3 is 0 Å². The van der Waals surface area contributed by atoms with E-state index in [4.69, 9.17) is 16.3 Å². The fourth-order valence-electron chi connectivity index (χ4n) is 2.60. The minimum Gasteiger partial charge on any atom is -0.481 e. The van der Waals surface area contributed by atoms with Gasteiger partial charge in [0.05, 0.1) is 15.6 Å². The summed E-state index contributed by atoms with van der Waals surface area (Å²) in [5.41, 5.74) is 4.77. The third kappa shape index (κ3) is 6.43. The molecule has 33 heavy (non-hydrogen) atoms. The summed E-state index contributed by atoms with van der Waals surface area (Å²) in [5, 5.41) is 0.241. The number of hydrogen-bond donors (Lipinski definition) is 3. The van der Waals surface area contributed by atoms with Crippen LogP contribution in [0, 0.1) is 5.82 Å². The van der Waals surface area contributed by atoms with E-state index < -0.39 is 33.8 Å². The second kappa shape index (κ2) is 10.3. The lowest BCUT2D eigenvalue weighted by Crippen LogP contribution is -2.47. The van der Waals surface area contributed by atoms with Crippen LogP contribution in [0.2, 0.25) is 5.02 Å². The topological polar surface area (TPSA) is 114 Å². The monoisotopic (exact) mass is 491 g/mol. The van der Waals surface area contributed by atoms with Crippen molar-refractivity contribution in [2.45, 2.75) is 17.9 Å². The van der Waals surface area contributed by atoms with Crippen molar-refractivity contribution < 1.29 is 27.1 Å². The largest absolute Gasteiger partial charge is 0.481 e. The first kappa shape index (κ1) is 24.0. The molecular weight excluding hydrogens is 473 g/mol. The molecule has 0 heterocycles. The number of ether oxygens (including phenoxy) is 1. The summed E-state index contributed by atoms with van der Waals surface area (Å²) in [6.07, 6.45) is -0.973. The first-order valence-corrected chi connectivity index (χ1v) is 11.4. The normalized spacial score (nSPS) is 11.8. The van der Waals surface area contributed by atoms with Crippen LogP contribution in [0.4, 0.5) is 10.1 Å². The molecule has 0 aromatic heterocycles. The van der Waals surface area contributed by atoms with E-state index >= 15 is 0 Å². The van der Waals surface area contributed by atoms with E-state index in [2.05, 4.69) is 15.6 Å². The molecule has 0 aliphatic carbocycles. The van der Waals surface area contributed by atoms with Gasteiger partial charge in [0.1, 0.15) is 11.6 Å². The van der Waals surface area contributed by atoms with Crippen LogP contribution in [0.1, 0.15) is 17.3 Å². The maximum atomic E-state index is 12.9. The first-order chi connectivity index (χ1) is 15.7. The number of sulfonamides is 1. The fraction of sp³-hybridized carbons (Fsp3) is 0.0909. The number of hydrazine groups is 1. The molecule has 0 bridgehead atoms. The lowest BCUT2D eigenvalue weighted by Gasteiger charge is -2.15. The van der Waals surface area contributed by atoms with Crippen molar-refractivity contribution in [2.24, 2.45) is 0 Å². The number of para-hydroxylation sites is 1. The highest BCUT2D eigenvalue weighted by Gasteiger charge is 2.18. The minimum absolute atomic E-state index is 0.0793. The van der Waals surface area contributed by atoms with Crippen molar-refractivity contribution >= 4 is 39.1 Å². The zero-order valence-electron chi connectivity index (χ0n) is 17.2. The van der Waals surface area contributed by atoms with Crippen LogP contribution in [0.3, 0.4) is 0 Å². The molecule has 0 spiro atoms. The molecule has 8 nitrogen and oxygen atoms in total. The molecule has 2 amide bonds. The average molecular weight is 492 g/mol. The molecule has 0 radical (unpaired) electrons. The first-order valence-electron chi connectivity index (χ1n) is 9.55. The standard InChI is InChI=1S/C22H19ClFN3O5S/c1-14(32-17-10-8-16(24)9-11-17)21(28)25-26-22(29)15-6-12-18(13-7-15)33(30,31)27-20-5-3-2-4-19(20)23/h2-14,27H,1H3,(H,25,28)(H,26,29). The Labute approximate surface area is 194 Å². The van der Waals surface area contributed by atoms with Gasteiger partial charge in [0.2, 0.25) is 0 Å². The van der Waals surface area contributed by atoms with E-state index in [0.717, 1.165) is 0 Å². The molecule has 3 aromatic rings. The average Bonchev–Trinajstić information content (AvgIpc) is 2.80. The molecule has 3 aromatic carbocycles. The Balaban J connectivity index is 1.57. The predicted molar refractivity (Wildman–Crippen MR) is 121 cm³/mol. The molecule has 3 rings (SSSR count). The van der Waals surface area contributed by atoms with E-state index in [1.807, 2.05) is 0 Å². The van der Waals surface area contributed by atoms with Crippen molar-refractivity contribution in [3.05, 3.63) is 89.2 Å². The quantitative estimate of drug-likeness (QED) is 0.438. The van der Waals surface area contributed by atoms with Gasteiger partial charge in [-0.2, -0.15) is 0 Å². The molecule has 0 saturated carbocycles. The number of carbonyl (C=O) groups is 2. The number of halogens is 2. The van der Waals surface area contributed by atoms with Crippen molar-refractivity contribution in [2.75, 3.05) is 4.72 Å². The van der Waals surface area contributed by atoms with Gasteiger partial charge in [-0.05, 0) is 67.6 Å². The summed E-state index contributed by atoms with van der Waals surface area (Å²) < 4.78 is 45.7. The second-order valence-electron chi connectivity index (χ2n) is 6.77. The second-order valence-corrected chi connectivity index (χ2v) is 8.86. The number of benzene rings is 3. The number of nitrogens with one attached hydrogen (secondary N) is 3. The lowest BCUT2D eigenvalue weighted by atomic mass is 10.2. The van der Waals surface area contributed by atoms with Crippen molar-refractivity contribution in [1.29, 1.82) is 0 Å². The Morgan fingerprint density at radius 3 is 2.21 bits per heavy atom. The summed E-state index contributed by atoms with van der Waals surface area (Å²) in [6, 6.07) is 16.6. The Kier molecular flexibility index (Phi) is 7.52. The highest BCUT2D eigenvalue weighted by molar-refractivity contribution is 7.92. The molecular formula is C22H19ClFN3O5S. The van der Waals surface area contributed by atoms with Crippen molar-refractivity contribution in [3.63, 3.8) is 0 Å². The number of rotatable bonds is 7. The van der Waals surface area contributed by atoms with Gasteiger partial charge in [-0.15, -0.1) is 0 Å². The summed E-state index contributed by atoms with van der Waals surface area (Å²) >= 11 is 5.98. The number of carbonyl (C=O) groups excluding carboxylic acids is 2. The molecule has 0 saturated heterocycles. The molecule has 172 valence electrons. The van der Waals surface area contributed by atoms with Gasteiger partial charge in [-0.25, -0.2) is 12.8 Å². The van der Waals surface area contributed by atoms with Crippen molar-refractivity contribution in [1.82, 2.24) is 10.9 Å². The smallest absolute Gasteiger partial charge is 0.279 e. The third-order valence-electron chi connectivity index (χ3n) is 4.34. The fourth-order valence-corrected chi connectivity index (χ4v) is 3.91. The Hall–Kier alpha value is -3.63. The van der Waals surface area contributed by atoms with Crippen LogP contribution < -0.4 is 20.3 Å². The van der Waals surface area contributed by atoms with Crippen LogP contribution >= 0.6 is 11.6 Å². The summed E-state index contributed by atoms with van der Waals surface area (Å²) in [4.78, 5) is 24.3. The maximum Gasteiger partial charge on any atom is 0.279 e. The summed E-state index contributed by atoms with van der Waals surface area (Å²) in [7, 11) is -3.92. The molecule has 11 heteroatoms. The molecule has 0 aliphatic rings. The van der Waals surface area contributed by atoms with Crippen LogP contribution in [-0.2, 0) is 14.8 Å². The van der Waals surface area contributed by atoms with Gasteiger partial charge in [0.25, 0.3) is 21.8 Å². The Morgan fingerprint density at radius 1 is 0.939 bits per heavy atom. The molecule has 3 N–H and O–H groups in total. The maximum absolute atomic E-state index is 12.9. The zero-order valence-corrected chi connectivity index (χ0v) is 18.8. The highest BCUT2D eigenvalue weighted by Crippen LogP contribution is 2.24. The van der Waals surface area contributed by atoms with Crippen LogP contribution in [0.25, 0.3) is 0 Å². The number of anilines is 1. The summed E-state index contributed by atoms with van der Waals surface area (Å²) in [5.74, 6) is -1.46. The van der Waals surface area contributed by atoms with Crippen LogP contribution in [-0.4, -0.2) is 26.3 Å². The van der Waals surface area contributed by atoms with Crippen LogP contribution in [0.5, 0.6) is 5.75 Å². The van der Waals surface area contributed by atoms with Gasteiger partial charge in [0, 0.05) is 5.56 Å². The third-order valence-corrected chi connectivity index (χ3v) is 6.05. The Bertz CT molecular complexity index is 1250. The van der Waals surface area contributed by atoms with E-state index in [1.54, 1.807) is 18.2 Å². The van der Waals surface area contributed by atoms with E-state index in [1.165, 1.54) is 61.5 Å². The highest BCUT2D eigenvalue weighted by atomic mass is 35.5. The lowest BCUT2D eigenvalue weighted by molar-refractivity contribution is -0.128. The SMILES string of the molecule is CC(Oc1ccc(F)cc1)C(=O)NNC(=O)c1ccc(S(=O)(=O)Nc2ccccc2Cl)cc1. The number of hydrogen-bond acceptors (Lipinski definition) is 5. The van der Waals surface area contributed by atoms with E-state index in [-0.39, 0.29) is 26.9 Å². The Morgan fingerprint density at radius 2 is 1.58 bits per heavy atom. The van der Waals surface area contributed by atoms with E-state index in [0.29, 0.717) is 0 Å². The zero-order chi connectivity index (χ0) is 24.0. The molecule has 0 aliphatic heterocycles. The predicted octanol–water partition coefficient (Wildman–Crippen LogP) is 3.51. The van der Waals surface area contributed by atoms with Gasteiger partial charge < -0.3 is 4.74 Å². The van der Waals surface area contributed by atoms with Gasteiger partial charge in [-0.3, -0.25) is 25.2 Å². The van der Waals surface area contributed by atoms with Crippen molar-refractivity contribution in [3.8, 4) is 5.75 Å². The number of amides is 2. The van der Waals surface area contributed by atoms with E-state index in [9.17, 15) is 22.4 Å². The molecule has 0 fully saturated rings. The minimum atomic E-state index is -3.92. The van der Waals surface area contributed by atoms with Crippen LogP contribution in [0.15, 0.2) is 77.7 Å². The summed E-state index contributed by atoms with van der Waals surface area (Å²) in [6.45, 7) is 1.45. The van der Waals surface area contributed by atoms with Gasteiger partial charge in [0.15, 0.2) is 6.10 Å².